The molecule has 3 aromatic carbocycles. The molecule has 1 aromatic heterocycles. The summed E-state index contributed by atoms with van der Waals surface area (Å²) in [6.07, 6.45) is 0.124. The maximum atomic E-state index is 14.2. The highest BCUT2D eigenvalue weighted by Gasteiger charge is 2.25. The van der Waals surface area contributed by atoms with Gasteiger partial charge in [0.15, 0.2) is 0 Å². The maximum absolute atomic E-state index is 14.2. The highest BCUT2D eigenvalue weighted by atomic mass is 32.2. The fourth-order valence-corrected chi connectivity index (χ4v) is 5.87. The lowest BCUT2D eigenvalue weighted by Gasteiger charge is -2.22. The fourth-order valence-electron chi connectivity index (χ4n) is 4.72. The second-order valence-electron chi connectivity index (χ2n) is 11.2. The number of furan rings is 1. The minimum Gasteiger partial charge on any atom is -0.489 e. The van der Waals surface area contributed by atoms with Crippen LogP contribution >= 0.6 is 0 Å². The van der Waals surface area contributed by atoms with E-state index in [1.165, 1.54) is 0 Å². The molecular weight excluding hydrogens is 555 g/mol. The maximum Gasteiger partial charge on any atom is 0.310 e. The number of fused-ring (bicyclic) bond motifs is 1. The van der Waals surface area contributed by atoms with Crippen molar-refractivity contribution in [2.45, 2.75) is 58.0 Å². The highest BCUT2D eigenvalue weighted by Crippen LogP contribution is 2.35. The molecule has 0 radical (unpaired) electrons. The molecule has 0 aliphatic heterocycles. The first kappa shape index (κ1) is 31.4. The zero-order valence-electron chi connectivity index (χ0n) is 24.9. The van der Waals surface area contributed by atoms with E-state index in [9.17, 15) is 13.4 Å². The molecule has 0 fully saturated rings. The molecule has 8 heteroatoms. The minimum atomic E-state index is -1.19. The summed E-state index contributed by atoms with van der Waals surface area (Å²) in [5, 5.41) is 0.888. The Balaban J connectivity index is 1.68. The SMILES string of the molecule is CCOC(=O)Cc1ccccc1OCc1cc(-c2cccc(C(CF)C[S@](=O)C(C)(C)C)c2)c2oc(COC)cc2c1. The first-order valence-corrected chi connectivity index (χ1v) is 15.4. The van der Waals surface area contributed by atoms with Gasteiger partial charge in [-0.3, -0.25) is 13.4 Å². The van der Waals surface area contributed by atoms with E-state index in [1.54, 1.807) is 14.0 Å². The van der Waals surface area contributed by atoms with Crippen molar-refractivity contribution in [2.24, 2.45) is 0 Å². The van der Waals surface area contributed by atoms with E-state index in [0.717, 1.165) is 33.2 Å². The Hall–Kier alpha value is -3.49. The third kappa shape index (κ3) is 7.86. The molecule has 0 saturated heterocycles. The van der Waals surface area contributed by atoms with E-state index < -0.39 is 28.1 Å². The molecule has 4 rings (SSSR count). The van der Waals surface area contributed by atoms with Crippen molar-refractivity contribution >= 4 is 27.7 Å². The average Bonchev–Trinajstić information content (AvgIpc) is 3.37. The molecule has 0 bridgehead atoms. The monoisotopic (exact) mass is 594 g/mol. The number of ether oxygens (including phenoxy) is 3. The van der Waals surface area contributed by atoms with Crippen molar-refractivity contribution in [2.75, 3.05) is 26.1 Å². The molecular formula is C34H39FO6S. The van der Waals surface area contributed by atoms with E-state index in [1.807, 2.05) is 87.5 Å². The Labute approximate surface area is 249 Å². The van der Waals surface area contributed by atoms with Gasteiger partial charge < -0.3 is 18.6 Å². The van der Waals surface area contributed by atoms with Gasteiger partial charge in [0.2, 0.25) is 0 Å². The lowest BCUT2D eigenvalue weighted by Crippen LogP contribution is -2.27. The lowest BCUT2D eigenvalue weighted by atomic mass is 9.95. The molecule has 0 N–H and O–H groups in total. The number of rotatable bonds is 13. The normalized spacial score (nSPS) is 13.2. The van der Waals surface area contributed by atoms with Crippen LogP contribution in [-0.4, -0.2) is 41.1 Å². The van der Waals surface area contributed by atoms with E-state index >= 15 is 0 Å². The molecule has 6 nitrogen and oxygen atoms in total. The van der Waals surface area contributed by atoms with Crippen LogP contribution in [0.25, 0.3) is 22.1 Å². The van der Waals surface area contributed by atoms with Crippen molar-refractivity contribution in [3.05, 3.63) is 89.2 Å². The van der Waals surface area contributed by atoms with Crippen LogP contribution in [0.4, 0.5) is 4.39 Å². The van der Waals surface area contributed by atoms with Crippen molar-refractivity contribution in [3.8, 4) is 16.9 Å². The number of alkyl halides is 1. The number of para-hydroxylation sites is 1. The lowest BCUT2D eigenvalue weighted by molar-refractivity contribution is -0.142. The first-order chi connectivity index (χ1) is 20.1. The quantitative estimate of drug-likeness (QED) is 0.149. The predicted octanol–water partition coefficient (Wildman–Crippen LogP) is 7.53. The van der Waals surface area contributed by atoms with E-state index in [4.69, 9.17) is 18.6 Å². The van der Waals surface area contributed by atoms with Gasteiger partial charge in [-0.2, -0.15) is 0 Å². The van der Waals surface area contributed by atoms with Crippen LogP contribution in [0.15, 0.2) is 71.1 Å². The largest absolute Gasteiger partial charge is 0.489 e. The Bertz CT molecular complexity index is 1540. The Morgan fingerprint density at radius 2 is 1.81 bits per heavy atom. The van der Waals surface area contributed by atoms with E-state index in [2.05, 4.69) is 0 Å². The summed E-state index contributed by atoms with van der Waals surface area (Å²) in [5.41, 5.74) is 4.83. The van der Waals surface area contributed by atoms with Gasteiger partial charge in [0.1, 0.15) is 30.3 Å². The molecule has 42 heavy (non-hydrogen) atoms. The number of carbonyl (C=O) groups excluding carboxylic acids is 1. The highest BCUT2D eigenvalue weighted by molar-refractivity contribution is 7.86. The second-order valence-corrected chi connectivity index (χ2v) is 13.4. The van der Waals surface area contributed by atoms with Crippen LogP contribution in [0.3, 0.4) is 0 Å². The Morgan fingerprint density at radius 1 is 1.02 bits per heavy atom. The van der Waals surface area contributed by atoms with Crippen LogP contribution in [0.2, 0.25) is 0 Å². The number of halogens is 1. The Morgan fingerprint density at radius 3 is 2.52 bits per heavy atom. The van der Waals surface area contributed by atoms with Crippen molar-refractivity contribution in [1.82, 2.24) is 0 Å². The third-order valence-corrected chi connectivity index (χ3v) is 8.98. The number of hydrogen-bond acceptors (Lipinski definition) is 6. The molecule has 0 saturated carbocycles. The Kier molecular flexibility index (Phi) is 10.6. The third-order valence-electron chi connectivity index (χ3n) is 6.91. The molecule has 224 valence electrons. The topological polar surface area (TPSA) is 75.0 Å². The summed E-state index contributed by atoms with van der Waals surface area (Å²) in [6.45, 7) is 7.80. The van der Waals surface area contributed by atoms with Crippen LogP contribution in [-0.2, 0) is 44.7 Å². The summed E-state index contributed by atoms with van der Waals surface area (Å²) < 4.78 is 49.5. The fraction of sp³-hybridized carbons (Fsp3) is 0.382. The number of methoxy groups -OCH3 is 1. The molecule has 0 aliphatic carbocycles. The smallest absolute Gasteiger partial charge is 0.310 e. The van der Waals surface area contributed by atoms with Gasteiger partial charge in [-0.25, -0.2) is 0 Å². The summed E-state index contributed by atoms with van der Waals surface area (Å²) in [6, 6.07) is 21.1. The van der Waals surface area contributed by atoms with Gasteiger partial charge in [-0.15, -0.1) is 0 Å². The first-order valence-electron chi connectivity index (χ1n) is 14.1. The second kappa shape index (κ2) is 14.1. The van der Waals surface area contributed by atoms with Gasteiger partial charge in [0.05, 0.1) is 19.7 Å². The summed E-state index contributed by atoms with van der Waals surface area (Å²) in [4.78, 5) is 12.1. The van der Waals surface area contributed by atoms with Gasteiger partial charge in [-0.1, -0.05) is 42.5 Å². The van der Waals surface area contributed by atoms with Crippen LogP contribution in [0.5, 0.6) is 5.75 Å². The van der Waals surface area contributed by atoms with E-state index in [-0.39, 0.29) is 24.7 Å². The molecule has 2 atom stereocenters. The molecule has 0 aliphatic rings. The minimum absolute atomic E-state index is 0.124. The molecule has 4 aromatic rings. The number of esters is 1. The van der Waals surface area contributed by atoms with Gasteiger partial charge in [0, 0.05) is 50.8 Å². The van der Waals surface area contributed by atoms with Crippen LogP contribution in [0.1, 0.15) is 56.1 Å². The van der Waals surface area contributed by atoms with Crippen molar-refractivity contribution < 1.29 is 32.0 Å². The van der Waals surface area contributed by atoms with E-state index in [0.29, 0.717) is 30.3 Å². The van der Waals surface area contributed by atoms with Crippen LogP contribution < -0.4 is 4.74 Å². The molecule has 1 heterocycles. The van der Waals surface area contributed by atoms with Crippen molar-refractivity contribution in [3.63, 3.8) is 0 Å². The average molecular weight is 595 g/mol. The van der Waals surface area contributed by atoms with Gasteiger partial charge >= 0.3 is 5.97 Å². The number of hydrogen-bond donors (Lipinski definition) is 0. The van der Waals surface area contributed by atoms with Crippen molar-refractivity contribution in [1.29, 1.82) is 0 Å². The molecule has 1 unspecified atom stereocenters. The van der Waals surface area contributed by atoms with Gasteiger partial charge in [-0.05, 0) is 68.7 Å². The zero-order chi connectivity index (χ0) is 30.3. The predicted molar refractivity (Wildman–Crippen MR) is 165 cm³/mol. The zero-order valence-corrected chi connectivity index (χ0v) is 25.7. The summed E-state index contributed by atoms with van der Waals surface area (Å²) in [5.74, 6) is 0.753. The summed E-state index contributed by atoms with van der Waals surface area (Å²) in [7, 11) is 0.424. The number of benzene rings is 3. The molecule has 0 spiro atoms. The standard InChI is InChI=1S/C34H39FO6S/c1-6-39-32(36)18-26-10-7-8-13-31(26)40-20-23-14-27-17-29(21-38-5)41-33(27)30(15-23)25-12-9-11-24(16-25)28(19-35)22-42(37)34(2,3)4/h7-17,28H,6,18-22H2,1-5H3/t28?,42-/m0/s1. The van der Waals surface area contributed by atoms with Gasteiger partial charge in [0.25, 0.3) is 0 Å². The number of carbonyl (C=O) groups is 1. The molecule has 0 amide bonds. The van der Waals surface area contributed by atoms with Crippen LogP contribution in [0, 0.1) is 0 Å². The summed E-state index contributed by atoms with van der Waals surface area (Å²) >= 11 is 0.